The van der Waals surface area contributed by atoms with Crippen molar-refractivity contribution in [2.24, 2.45) is 7.05 Å². The maximum atomic E-state index is 13.0. The molecule has 2 N–H and O–H groups in total. The van der Waals surface area contributed by atoms with Gasteiger partial charge in [-0.15, -0.1) is 0 Å². The Kier molecular flexibility index (Phi) is 5.03. The fraction of sp³-hybridized carbons (Fsp3) is 0.200. The summed E-state index contributed by atoms with van der Waals surface area (Å²) in [5, 5.41) is 7.41. The predicted molar refractivity (Wildman–Crippen MR) is 123 cm³/mol. The molecular formula is C25H23N3O4. The first-order chi connectivity index (χ1) is 15.6. The van der Waals surface area contributed by atoms with E-state index in [0.29, 0.717) is 40.2 Å². The van der Waals surface area contributed by atoms with Gasteiger partial charge in [0, 0.05) is 47.2 Å². The molecule has 1 aliphatic heterocycles. The SMILES string of the molecule is CCNCCOc1ccc2c(c1)c(C1=C(c3cccc4ccoc34)C(=O)NC1=O)cn2C. The Morgan fingerprint density at radius 2 is 1.88 bits per heavy atom. The van der Waals surface area contributed by atoms with Crippen LogP contribution in [0.1, 0.15) is 18.1 Å². The molecule has 0 bridgehead atoms. The van der Waals surface area contributed by atoms with Crippen molar-refractivity contribution in [2.45, 2.75) is 6.92 Å². The van der Waals surface area contributed by atoms with E-state index < -0.39 is 11.8 Å². The lowest BCUT2D eigenvalue weighted by atomic mass is 9.95. The van der Waals surface area contributed by atoms with E-state index in [9.17, 15) is 9.59 Å². The van der Waals surface area contributed by atoms with Gasteiger partial charge in [-0.1, -0.05) is 25.1 Å². The van der Waals surface area contributed by atoms with Crippen LogP contribution < -0.4 is 15.4 Å². The van der Waals surface area contributed by atoms with E-state index in [1.54, 1.807) is 12.3 Å². The van der Waals surface area contributed by atoms with Crippen LogP contribution in [0.3, 0.4) is 0 Å². The Balaban J connectivity index is 1.67. The zero-order valence-electron chi connectivity index (χ0n) is 17.9. The number of fused-ring (bicyclic) bond motifs is 2. The Labute approximate surface area is 184 Å². The fourth-order valence-corrected chi connectivity index (χ4v) is 4.24. The fourth-order valence-electron chi connectivity index (χ4n) is 4.24. The van der Waals surface area contributed by atoms with Gasteiger partial charge in [-0.25, -0.2) is 0 Å². The number of nitrogens with zero attached hydrogens (tertiary/aromatic N) is 1. The van der Waals surface area contributed by atoms with Gasteiger partial charge in [0.25, 0.3) is 11.8 Å². The summed E-state index contributed by atoms with van der Waals surface area (Å²) in [6.45, 7) is 4.21. The van der Waals surface area contributed by atoms with Gasteiger partial charge in [-0.2, -0.15) is 0 Å². The van der Waals surface area contributed by atoms with Crippen LogP contribution in [0.5, 0.6) is 5.75 Å². The van der Waals surface area contributed by atoms with Crippen LogP contribution in [0.15, 0.2) is 59.3 Å². The van der Waals surface area contributed by atoms with Crippen LogP contribution in [0.2, 0.25) is 0 Å². The van der Waals surface area contributed by atoms with E-state index in [4.69, 9.17) is 9.15 Å². The maximum Gasteiger partial charge on any atom is 0.259 e. The molecule has 0 spiro atoms. The Morgan fingerprint density at radius 1 is 1.06 bits per heavy atom. The van der Waals surface area contributed by atoms with Crippen LogP contribution in [0.4, 0.5) is 0 Å². The van der Waals surface area contributed by atoms with Gasteiger partial charge in [-0.3, -0.25) is 14.9 Å². The molecule has 0 fully saturated rings. The Hall–Kier alpha value is -3.84. The average molecular weight is 429 g/mol. The highest BCUT2D eigenvalue weighted by Gasteiger charge is 2.35. The summed E-state index contributed by atoms with van der Waals surface area (Å²) in [4.78, 5) is 25.8. The van der Waals surface area contributed by atoms with Gasteiger partial charge < -0.3 is 19.0 Å². The number of carbonyl (C=O) groups is 2. The molecule has 3 heterocycles. The predicted octanol–water partition coefficient (Wildman–Crippen LogP) is 3.48. The van der Waals surface area contributed by atoms with Crippen molar-refractivity contribution in [3.05, 3.63) is 66.1 Å². The molecule has 0 aliphatic carbocycles. The molecule has 2 aromatic heterocycles. The van der Waals surface area contributed by atoms with Gasteiger partial charge in [0.2, 0.25) is 0 Å². The van der Waals surface area contributed by atoms with E-state index in [1.807, 2.05) is 61.1 Å². The van der Waals surface area contributed by atoms with E-state index >= 15 is 0 Å². The van der Waals surface area contributed by atoms with Crippen LogP contribution in [-0.2, 0) is 16.6 Å². The Bertz CT molecular complexity index is 1390. The minimum Gasteiger partial charge on any atom is -0.492 e. The first-order valence-corrected chi connectivity index (χ1v) is 10.6. The zero-order valence-corrected chi connectivity index (χ0v) is 17.9. The molecule has 7 nitrogen and oxygen atoms in total. The average Bonchev–Trinajstić information content (AvgIpc) is 3.46. The molecule has 7 heteroatoms. The monoisotopic (exact) mass is 429 g/mol. The third kappa shape index (κ3) is 3.27. The normalized spacial score (nSPS) is 14.1. The molecule has 162 valence electrons. The number of amides is 2. The van der Waals surface area contributed by atoms with Crippen molar-refractivity contribution in [1.82, 2.24) is 15.2 Å². The number of carbonyl (C=O) groups excluding carboxylic acids is 2. The van der Waals surface area contributed by atoms with Gasteiger partial charge >= 0.3 is 0 Å². The van der Waals surface area contributed by atoms with Gasteiger partial charge in [0.05, 0.1) is 17.4 Å². The summed E-state index contributed by atoms with van der Waals surface area (Å²) in [7, 11) is 1.92. The second kappa shape index (κ2) is 8.01. The molecule has 1 aliphatic rings. The number of likely N-dealkylation sites (N-methyl/N-ethyl adjacent to an activating group) is 1. The maximum absolute atomic E-state index is 13.0. The quantitative estimate of drug-likeness (QED) is 0.347. The second-order valence-electron chi connectivity index (χ2n) is 7.71. The van der Waals surface area contributed by atoms with Crippen LogP contribution in [0, 0.1) is 0 Å². The van der Waals surface area contributed by atoms with Gasteiger partial charge in [-0.05, 0) is 30.8 Å². The van der Waals surface area contributed by atoms with Crippen molar-refractivity contribution in [3.63, 3.8) is 0 Å². The number of furan rings is 1. The number of hydrogen-bond acceptors (Lipinski definition) is 5. The van der Waals surface area contributed by atoms with Crippen LogP contribution >= 0.6 is 0 Å². The topological polar surface area (TPSA) is 85.5 Å². The lowest BCUT2D eigenvalue weighted by Gasteiger charge is -2.08. The molecule has 0 saturated heterocycles. The molecule has 0 atom stereocenters. The number of imide groups is 1. The largest absolute Gasteiger partial charge is 0.492 e. The molecule has 2 aromatic carbocycles. The van der Waals surface area contributed by atoms with E-state index in [1.165, 1.54) is 0 Å². The zero-order chi connectivity index (χ0) is 22.2. The summed E-state index contributed by atoms with van der Waals surface area (Å²) in [6.07, 6.45) is 3.46. The summed E-state index contributed by atoms with van der Waals surface area (Å²) in [6, 6.07) is 13.2. The van der Waals surface area contributed by atoms with Crippen LogP contribution in [-0.4, -0.2) is 36.1 Å². The molecule has 0 radical (unpaired) electrons. The summed E-state index contributed by atoms with van der Waals surface area (Å²) >= 11 is 0. The molecule has 5 rings (SSSR count). The van der Waals surface area contributed by atoms with E-state index in [-0.39, 0.29) is 0 Å². The first kappa shape index (κ1) is 20.1. The molecule has 4 aromatic rings. The summed E-state index contributed by atoms with van der Waals surface area (Å²) in [5.41, 5.74) is 3.46. The second-order valence-corrected chi connectivity index (χ2v) is 7.71. The van der Waals surface area contributed by atoms with Crippen molar-refractivity contribution in [1.29, 1.82) is 0 Å². The minimum absolute atomic E-state index is 0.321. The molecule has 0 saturated carbocycles. The lowest BCUT2D eigenvalue weighted by molar-refractivity contribution is -0.122. The standard InChI is InChI=1S/C25H23N3O4/c1-3-26-10-12-31-16-7-8-20-18(13-16)19(14-28(20)2)22-21(24(29)27-25(22)30)17-6-4-5-15-9-11-32-23(15)17/h4-9,11,13-14,26H,3,10,12H2,1-2H3,(H,27,29,30). The molecule has 32 heavy (non-hydrogen) atoms. The van der Waals surface area contributed by atoms with Gasteiger partial charge in [0.15, 0.2) is 0 Å². The number of para-hydroxylation sites is 1. The number of nitrogens with one attached hydrogen (secondary N) is 2. The van der Waals surface area contributed by atoms with Crippen molar-refractivity contribution in [2.75, 3.05) is 19.7 Å². The molecular weight excluding hydrogens is 406 g/mol. The molecule has 0 unspecified atom stereocenters. The van der Waals surface area contributed by atoms with Crippen molar-refractivity contribution in [3.8, 4) is 5.75 Å². The molecule has 2 amide bonds. The number of aryl methyl sites for hydroxylation is 1. The highest BCUT2D eigenvalue weighted by molar-refractivity contribution is 6.50. The smallest absolute Gasteiger partial charge is 0.259 e. The minimum atomic E-state index is -0.427. The summed E-state index contributed by atoms with van der Waals surface area (Å²) < 4.78 is 13.5. The number of benzene rings is 2. The van der Waals surface area contributed by atoms with Crippen LogP contribution in [0.25, 0.3) is 33.0 Å². The third-order valence-corrected chi connectivity index (χ3v) is 5.71. The van der Waals surface area contributed by atoms with Gasteiger partial charge in [0.1, 0.15) is 17.9 Å². The number of hydrogen-bond donors (Lipinski definition) is 2. The van der Waals surface area contributed by atoms with Crippen molar-refractivity contribution < 1.29 is 18.7 Å². The van der Waals surface area contributed by atoms with E-state index in [2.05, 4.69) is 10.6 Å². The van der Waals surface area contributed by atoms with Crippen molar-refractivity contribution >= 4 is 44.8 Å². The third-order valence-electron chi connectivity index (χ3n) is 5.71. The number of rotatable bonds is 7. The highest BCUT2D eigenvalue weighted by atomic mass is 16.5. The number of aromatic nitrogens is 1. The summed E-state index contributed by atoms with van der Waals surface area (Å²) in [5.74, 6) is -0.133. The number of ether oxygens (including phenoxy) is 1. The first-order valence-electron chi connectivity index (χ1n) is 10.6. The lowest BCUT2D eigenvalue weighted by Crippen LogP contribution is -2.22. The van der Waals surface area contributed by atoms with E-state index in [0.717, 1.165) is 29.4 Å². The Morgan fingerprint density at radius 3 is 2.69 bits per heavy atom. The highest BCUT2D eigenvalue weighted by Crippen LogP contribution is 2.39.